The van der Waals surface area contributed by atoms with Gasteiger partial charge in [0.1, 0.15) is 17.7 Å². The fourth-order valence-electron chi connectivity index (χ4n) is 1.10. The van der Waals surface area contributed by atoms with Gasteiger partial charge in [-0.15, -0.1) is 0 Å². The van der Waals surface area contributed by atoms with Crippen LogP contribution in [0, 0.1) is 5.95 Å². The molecule has 0 radical (unpaired) electrons. The van der Waals surface area contributed by atoms with E-state index in [0.717, 1.165) is 6.33 Å². The van der Waals surface area contributed by atoms with Crippen LogP contribution >= 0.6 is 0 Å². The fourth-order valence-corrected chi connectivity index (χ4v) is 1.10. The van der Waals surface area contributed by atoms with Crippen LogP contribution in [0.1, 0.15) is 20.8 Å². The quantitative estimate of drug-likeness (QED) is 0.631. The van der Waals surface area contributed by atoms with Gasteiger partial charge < -0.3 is 15.4 Å². The predicted octanol–water partition coefficient (Wildman–Crippen LogP) is 1.55. The number of halogens is 1. The summed E-state index contributed by atoms with van der Waals surface area (Å²) in [4.78, 5) is 18.4. The van der Waals surface area contributed by atoms with Crippen molar-refractivity contribution in [2.75, 3.05) is 18.4 Å². The maximum Gasteiger partial charge on any atom is 0.407 e. The topological polar surface area (TPSA) is 76.1 Å². The number of hydrogen-bond acceptors (Lipinski definition) is 5. The zero-order valence-electron chi connectivity index (χ0n) is 10.7. The number of anilines is 1. The zero-order chi connectivity index (χ0) is 13.6. The largest absolute Gasteiger partial charge is 0.444 e. The summed E-state index contributed by atoms with van der Waals surface area (Å²) in [7, 11) is 0. The molecule has 1 heterocycles. The number of rotatable bonds is 4. The Kier molecular flexibility index (Phi) is 4.82. The van der Waals surface area contributed by atoms with Crippen LogP contribution in [0.2, 0.25) is 0 Å². The first kappa shape index (κ1) is 14.1. The van der Waals surface area contributed by atoms with Crippen molar-refractivity contribution in [1.29, 1.82) is 0 Å². The Morgan fingerprint density at radius 2 is 2.11 bits per heavy atom. The molecule has 18 heavy (non-hydrogen) atoms. The standard InChI is InChI=1S/C11H17FN4O2/c1-11(2,3)18-10(17)14-5-4-13-9-6-8(12)15-7-16-9/h6-7H,4-5H2,1-3H3,(H,14,17)(H,13,15,16). The van der Waals surface area contributed by atoms with Crippen molar-refractivity contribution in [3.63, 3.8) is 0 Å². The van der Waals surface area contributed by atoms with Crippen LogP contribution in [-0.4, -0.2) is 34.8 Å². The molecule has 6 nitrogen and oxygen atoms in total. The minimum atomic E-state index is -0.604. The second-order valence-corrected chi connectivity index (χ2v) is 4.58. The molecule has 1 amide bonds. The third-order valence-electron chi connectivity index (χ3n) is 1.73. The van der Waals surface area contributed by atoms with Crippen LogP contribution in [0.15, 0.2) is 12.4 Å². The summed E-state index contributed by atoms with van der Waals surface area (Å²) in [6.45, 7) is 6.12. The van der Waals surface area contributed by atoms with Crippen LogP contribution in [0.25, 0.3) is 0 Å². The number of alkyl carbamates (subject to hydrolysis) is 1. The van der Waals surface area contributed by atoms with Crippen molar-refractivity contribution >= 4 is 11.9 Å². The molecule has 2 N–H and O–H groups in total. The molecule has 0 aliphatic carbocycles. The number of hydrogen-bond donors (Lipinski definition) is 2. The highest BCUT2D eigenvalue weighted by Gasteiger charge is 2.15. The monoisotopic (exact) mass is 256 g/mol. The van der Waals surface area contributed by atoms with Gasteiger partial charge in [-0.1, -0.05) is 0 Å². The lowest BCUT2D eigenvalue weighted by atomic mass is 10.2. The molecule has 1 aromatic heterocycles. The number of amides is 1. The summed E-state index contributed by atoms with van der Waals surface area (Å²) in [6, 6.07) is 1.17. The first-order valence-electron chi connectivity index (χ1n) is 5.55. The molecule has 0 saturated carbocycles. The molecule has 0 spiro atoms. The highest BCUT2D eigenvalue weighted by molar-refractivity contribution is 5.67. The van der Waals surface area contributed by atoms with Crippen molar-refractivity contribution in [2.24, 2.45) is 0 Å². The lowest BCUT2D eigenvalue weighted by molar-refractivity contribution is 0.0530. The Balaban J connectivity index is 2.21. The van der Waals surface area contributed by atoms with E-state index >= 15 is 0 Å². The number of carbonyl (C=O) groups is 1. The second kappa shape index (κ2) is 6.13. The van der Waals surface area contributed by atoms with Gasteiger partial charge in [-0.2, -0.15) is 4.39 Å². The summed E-state index contributed by atoms with van der Waals surface area (Å²) < 4.78 is 17.8. The molecule has 0 atom stereocenters. The van der Waals surface area contributed by atoms with Gasteiger partial charge in [-0.25, -0.2) is 14.8 Å². The summed E-state index contributed by atoms with van der Waals surface area (Å²) in [6.07, 6.45) is 0.636. The molecule has 0 aliphatic heterocycles. The normalized spacial score (nSPS) is 10.9. The van der Waals surface area contributed by atoms with E-state index in [1.54, 1.807) is 20.8 Å². The van der Waals surface area contributed by atoms with Gasteiger partial charge in [0.05, 0.1) is 0 Å². The van der Waals surface area contributed by atoms with E-state index in [0.29, 0.717) is 18.9 Å². The van der Waals surface area contributed by atoms with Gasteiger partial charge in [-0.05, 0) is 20.8 Å². The smallest absolute Gasteiger partial charge is 0.407 e. The molecular formula is C11H17FN4O2. The van der Waals surface area contributed by atoms with Crippen LogP contribution < -0.4 is 10.6 Å². The summed E-state index contributed by atoms with van der Waals surface area (Å²) in [5.41, 5.74) is -0.521. The fraction of sp³-hybridized carbons (Fsp3) is 0.545. The number of nitrogens with zero attached hydrogens (tertiary/aromatic N) is 2. The average Bonchev–Trinajstić information content (AvgIpc) is 2.22. The molecule has 1 aromatic rings. The Morgan fingerprint density at radius 1 is 1.39 bits per heavy atom. The number of carbonyl (C=O) groups excluding carboxylic acids is 1. The van der Waals surface area contributed by atoms with Crippen LogP contribution in [0.3, 0.4) is 0 Å². The van der Waals surface area contributed by atoms with Gasteiger partial charge in [0.2, 0.25) is 5.95 Å². The molecule has 0 aliphatic rings. The molecule has 0 bridgehead atoms. The third kappa shape index (κ3) is 5.97. The lowest BCUT2D eigenvalue weighted by Crippen LogP contribution is -2.35. The van der Waals surface area contributed by atoms with E-state index < -0.39 is 17.6 Å². The lowest BCUT2D eigenvalue weighted by Gasteiger charge is -2.19. The Labute approximate surface area is 105 Å². The van der Waals surface area contributed by atoms with E-state index in [9.17, 15) is 9.18 Å². The highest BCUT2D eigenvalue weighted by atomic mass is 19.1. The van der Waals surface area contributed by atoms with Gasteiger partial charge in [0.15, 0.2) is 0 Å². The van der Waals surface area contributed by atoms with Crippen molar-refractivity contribution in [1.82, 2.24) is 15.3 Å². The van der Waals surface area contributed by atoms with Crippen molar-refractivity contribution < 1.29 is 13.9 Å². The molecule has 7 heteroatoms. The predicted molar refractivity (Wildman–Crippen MR) is 64.7 cm³/mol. The molecule has 0 saturated heterocycles. The first-order valence-corrected chi connectivity index (χ1v) is 5.55. The second-order valence-electron chi connectivity index (χ2n) is 4.58. The average molecular weight is 256 g/mol. The van der Waals surface area contributed by atoms with Crippen LogP contribution in [0.4, 0.5) is 15.0 Å². The Hall–Kier alpha value is -1.92. The maximum atomic E-state index is 12.7. The van der Waals surface area contributed by atoms with Crippen molar-refractivity contribution in [2.45, 2.75) is 26.4 Å². The van der Waals surface area contributed by atoms with E-state index in [-0.39, 0.29) is 0 Å². The van der Waals surface area contributed by atoms with Gasteiger partial charge in [-0.3, -0.25) is 0 Å². The number of ether oxygens (including phenoxy) is 1. The zero-order valence-corrected chi connectivity index (χ0v) is 10.7. The van der Waals surface area contributed by atoms with Crippen LogP contribution in [0.5, 0.6) is 0 Å². The molecule has 0 aromatic carbocycles. The van der Waals surface area contributed by atoms with E-state index in [4.69, 9.17) is 4.74 Å². The Bertz CT molecular complexity index is 406. The summed E-state index contributed by atoms with van der Waals surface area (Å²) in [5.74, 6) is -0.235. The molecule has 0 unspecified atom stereocenters. The van der Waals surface area contributed by atoms with Crippen molar-refractivity contribution in [3.05, 3.63) is 18.3 Å². The third-order valence-corrected chi connectivity index (χ3v) is 1.73. The van der Waals surface area contributed by atoms with Gasteiger partial charge >= 0.3 is 6.09 Å². The summed E-state index contributed by atoms with van der Waals surface area (Å²) >= 11 is 0. The van der Waals surface area contributed by atoms with Gasteiger partial charge in [0, 0.05) is 19.2 Å². The molecule has 1 rings (SSSR count). The minimum absolute atomic E-state index is 0.348. The first-order chi connectivity index (χ1) is 8.37. The summed E-state index contributed by atoms with van der Waals surface area (Å²) in [5, 5.41) is 5.41. The highest BCUT2D eigenvalue weighted by Crippen LogP contribution is 2.06. The molecular weight excluding hydrogens is 239 g/mol. The van der Waals surface area contributed by atoms with Crippen molar-refractivity contribution in [3.8, 4) is 0 Å². The van der Waals surface area contributed by atoms with E-state index in [1.807, 2.05) is 0 Å². The van der Waals surface area contributed by atoms with Gasteiger partial charge in [0.25, 0.3) is 0 Å². The number of aromatic nitrogens is 2. The maximum absolute atomic E-state index is 12.7. The van der Waals surface area contributed by atoms with Crippen LogP contribution in [-0.2, 0) is 4.74 Å². The molecule has 100 valence electrons. The molecule has 0 fully saturated rings. The van der Waals surface area contributed by atoms with E-state index in [1.165, 1.54) is 6.07 Å². The minimum Gasteiger partial charge on any atom is -0.444 e. The van der Waals surface area contributed by atoms with E-state index in [2.05, 4.69) is 20.6 Å². The Morgan fingerprint density at radius 3 is 2.72 bits per heavy atom. The number of nitrogens with one attached hydrogen (secondary N) is 2. The SMILES string of the molecule is CC(C)(C)OC(=O)NCCNc1cc(F)ncn1.